The van der Waals surface area contributed by atoms with E-state index in [-0.39, 0.29) is 0 Å². The van der Waals surface area contributed by atoms with Crippen molar-refractivity contribution in [3.05, 3.63) is 0 Å². The summed E-state index contributed by atoms with van der Waals surface area (Å²) in [6.07, 6.45) is 12.6. The lowest BCUT2D eigenvalue weighted by atomic mass is 9.91. The maximum absolute atomic E-state index is 5.27. The van der Waals surface area contributed by atoms with Crippen molar-refractivity contribution in [3.63, 3.8) is 0 Å². The Morgan fingerprint density at radius 1 is 0.833 bits per heavy atom. The van der Waals surface area contributed by atoms with Crippen LogP contribution < -0.4 is 5.73 Å². The zero-order valence-corrected chi connectivity index (χ0v) is 14.2. The fraction of sp³-hybridized carbons (Fsp3) is 1.00. The van der Waals surface area contributed by atoms with Gasteiger partial charge >= 0.3 is 0 Å². The van der Waals surface area contributed by atoms with Crippen LogP contribution in [0.5, 0.6) is 0 Å². The molecule has 0 unspecified atom stereocenters. The minimum absolute atomic E-state index is 0.861. The molecule has 0 saturated heterocycles. The Hall–Kier alpha value is -0.0400. The SMILES string of the molecule is CC.CC.CC1CCCCC1.CCCCCCN. The highest BCUT2D eigenvalue weighted by molar-refractivity contribution is 4.59. The van der Waals surface area contributed by atoms with Gasteiger partial charge in [0, 0.05) is 0 Å². The smallest absolute Gasteiger partial charge is 0.00773 e. The van der Waals surface area contributed by atoms with Gasteiger partial charge < -0.3 is 5.73 Å². The van der Waals surface area contributed by atoms with E-state index < -0.39 is 0 Å². The van der Waals surface area contributed by atoms with Crippen molar-refractivity contribution in [3.8, 4) is 0 Å². The third-order valence-corrected chi connectivity index (χ3v) is 2.95. The minimum atomic E-state index is 0.861. The van der Waals surface area contributed by atoms with E-state index >= 15 is 0 Å². The maximum atomic E-state index is 5.27. The third kappa shape index (κ3) is 25.0. The first-order chi connectivity index (χ1) is 8.81. The van der Waals surface area contributed by atoms with Gasteiger partial charge in [-0.2, -0.15) is 0 Å². The third-order valence-electron chi connectivity index (χ3n) is 2.95. The van der Waals surface area contributed by atoms with Crippen LogP contribution in [0.1, 0.15) is 99.3 Å². The van der Waals surface area contributed by atoms with E-state index in [0.29, 0.717) is 0 Å². The van der Waals surface area contributed by atoms with E-state index in [2.05, 4.69) is 13.8 Å². The summed E-state index contributed by atoms with van der Waals surface area (Å²) >= 11 is 0. The van der Waals surface area contributed by atoms with Crippen molar-refractivity contribution in [2.24, 2.45) is 11.7 Å². The topological polar surface area (TPSA) is 26.0 Å². The first-order valence-electron chi connectivity index (χ1n) is 8.51. The summed E-state index contributed by atoms with van der Waals surface area (Å²) in [6.45, 7) is 13.4. The fourth-order valence-corrected chi connectivity index (χ4v) is 1.88. The molecular formula is C17H41N. The van der Waals surface area contributed by atoms with Crippen molar-refractivity contribution in [1.82, 2.24) is 0 Å². The zero-order chi connectivity index (χ0) is 14.6. The van der Waals surface area contributed by atoms with Gasteiger partial charge in [0.25, 0.3) is 0 Å². The molecule has 0 spiro atoms. The molecule has 2 N–H and O–H groups in total. The molecule has 0 atom stereocenters. The van der Waals surface area contributed by atoms with Gasteiger partial charge in [-0.15, -0.1) is 0 Å². The molecule has 0 radical (unpaired) electrons. The number of unbranched alkanes of at least 4 members (excludes halogenated alkanes) is 3. The number of nitrogens with two attached hydrogens (primary N) is 1. The Balaban J connectivity index is -0.000000196. The average Bonchev–Trinajstić information content (AvgIpc) is 2.45. The number of hydrogen-bond acceptors (Lipinski definition) is 1. The second kappa shape index (κ2) is 25.7. The monoisotopic (exact) mass is 259 g/mol. The predicted octanol–water partition coefficient (Wildman–Crippen LogP) is 6.16. The van der Waals surface area contributed by atoms with Crippen molar-refractivity contribution in [2.45, 2.75) is 99.3 Å². The van der Waals surface area contributed by atoms with Crippen molar-refractivity contribution in [2.75, 3.05) is 6.54 Å². The number of rotatable bonds is 4. The molecule has 0 aromatic heterocycles. The van der Waals surface area contributed by atoms with Crippen LogP contribution in [0.4, 0.5) is 0 Å². The molecule has 1 aliphatic carbocycles. The van der Waals surface area contributed by atoms with Crippen molar-refractivity contribution in [1.29, 1.82) is 0 Å². The lowest BCUT2D eigenvalue weighted by Gasteiger charge is -2.15. The lowest BCUT2D eigenvalue weighted by molar-refractivity contribution is 0.385. The van der Waals surface area contributed by atoms with Crippen molar-refractivity contribution >= 4 is 0 Å². The van der Waals surface area contributed by atoms with Crippen LogP contribution >= 0.6 is 0 Å². The van der Waals surface area contributed by atoms with Gasteiger partial charge in [0.2, 0.25) is 0 Å². The molecule has 1 aliphatic rings. The molecule has 0 aromatic rings. The molecule has 0 bridgehead atoms. The van der Waals surface area contributed by atoms with Crippen LogP contribution in [-0.2, 0) is 0 Å². The van der Waals surface area contributed by atoms with Gasteiger partial charge in [-0.25, -0.2) is 0 Å². The quantitative estimate of drug-likeness (QED) is 0.601. The van der Waals surface area contributed by atoms with E-state index in [1.807, 2.05) is 27.7 Å². The summed E-state index contributed by atoms with van der Waals surface area (Å²) in [5.74, 6) is 1.04. The Kier molecular flexibility index (Phi) is 33.0. The fourth-order valence-electron chi connectivity index (χ4n) is 1.88. The molecule has 1 nitrogen and oxygen atoms in total. The molecule has 1 rings (SSSR count). The highest BCUT2D eigenvalue weighted by Crippen LogP contribution is 2.22. The maximum Gasteiger partial charge on any atom is -0.00773 e. The Morgan fingerprint density at radius 2 is 1.33 bits per heavy atom. The molecule has 1 fully saturated rings. The normalized spacial score (nSPS) is 14.2. The van der Waals surface area contributed by atoms with E-state index in [4.69, 9.17) is 5.73 Å². The lowest BCUT2D eigenvalue weighted by Crippen LogP contribution is -1.99. The Morgan fingerprint density at radius 3 is 1.61 bits per heavy atom. The van der Waals surface area contributed by atoms with Crippen LogP contribution in [-0.4, -0.2) is 6.54 Å². The summed E-state index contributed by atoms with van der Waals surface area (Å²) in [6, 6.07) is 0. The highest BCUT2D eigenvalue weighted by Gasteiger charge is 2.05. The Bertz CT molecular complexity index is 91.8. The summed E-state index contributed by atoms with van der Waals surface area (Å²) < 4.78 is 0. The minimum Gasteiger partial charge on any atom is -0.330 e. The molecule has 18 heavy (non-hydrogen) atoms. The van der Waals surface area contributed by atoms with E-state index in [1.54, 1.807) is 0 Å². The van der Waals surface area contributed by atoms with E-state index in [0.717, 1.165) is 12.5 Å². The second-order valence-corrected chi connectivity index (χ2v) is 4.59. The first kappa shape index (κ1) is 23.1. The van der Waals surface area contributed by atoms with E-state index in [9.17, 15) is 0 Å². The van der Waals surface area contributed by atoms with Gasteiger partial charge in [0.05, 0.1) is 0 Å². The van der Waals surface area contributed by atoms with Gasteiger partial charge in [0.1, 0.15) is 0 Å². The molecule has 0 heterocycles. The van der Waals surface area contributed by atoms with E-state index in [1.165, 1.54) is 57.8 Å². The highest BCUT2D eigenvalue weighted by atomic mass is 14.5. The Labute approximate surface area is 118 Å². The van der Waals surface area contributed by atoms with Crippen LogP contribution in [0.15, 0.2) is 0 Å². The van der Waals surface area contributed by atoms with Crippen LogP contribution in [0.3, 0.4) is 0 Å². The second-order valence-electron chi connectivity index (χ2n) is 4.59. The van der Waals surface area contributed by atoms with Crippen LogP contribution in [0.2, 0.25) is 0 Å². The summed E-state index contributed by atoms with van der Waals surface area (Å²) in [4.78, 5) is 0. The molecule has 0 aliphatic heterocycles. The van der Waals surface area contributed by atoms with Crippen LogP contribution in [0, 0.1) is 5.92 Å². The number of hydrogen-bond donors (Lipinski definition) is 1. The predicted molar refractivity (Wildman–Crippen MR) is 88.1 cm³/mol. The molecule has 0 aromatic carbocycles. The molecule has 1 heteroatoms. The average molecular weight is 260 g/mol. The largest absolute Gasteiger partial charge is 0.330 e. The summed E-state index contributed by atoms with van der Waals surface area (Å²) in [5, 5.41) is 0. The molecule has 0 amide bonds. The summed E-state index contributed by atoms with van der Waals surface area (Å²) in [5.41, 5.74) is 5.27. The summed E-state index contributed by atoms with van der Waals surface area (Å²) in [7, 11) is 0. The zero-order valence-electron chi connectivity index (χ0n) is 14.2. The van der Waals surface area contributed by atoms with Gasteiger partial charge in [0.15, 0.2) is 0 Å². The molecular weight excluding hydrogens is 218 g/mol. The molecule has 114 valence electrons. The van der Waals surface area contributed by atoms with Crippen molar-refractivity contribution < 1.29 is 0 Å². The standard InChI is InChI=1S/C7H14.C6H15N.2C2H6/c1-7-5-3-2-4-6-7;1-2-3-4-5-6-7;2*1-2/h7H,2-6H2,1H3;2-7H2,1H3;2*1-2H3. The first-order valence-corrected chi connectivity index (χ1v) is 8.51. The van der Waals surface area contributed by atoms with Gasteiger partial charge in [-0.3, -0.25) is 0 Å². The molecule has 1 saturated carbocycles. The van der Waals surface area contributed by atoms with Gasteiger partial charge in [-0.1, -0.05) is 92.9 Å². The van der Waals surface area contributed by atoms with Gasteiger partial charge in [-0.05, 0) is 18.9 Å². The van der Waals surface area contributed by atoms with Crippen LogP contribution in [0.25, 0.3) is 0 Å².